The maximum absolute atomic E-state index is 12.7. The molecule has 1 aliphatic heterocycles. The van der Waals surface area contributed by atoms with E-state index in [1.807, 2.05) is 54.6 Å². The lowest BCUT2D eigenvalue weighted by Crippen LogP contribution is -2.30. The number of anilines is 1. The lowest BCUT2D eigenvalue weighted by Gasteiger charge is -2.17. The number of rotatable bonds is 5. The minimum atomic E-state index is -0.356. The third kappa shape index (κ3) is 3.99. The molecule has 0 saturated carbocycles. The third-order valence-electron chi connectivity index (χ3n) is 5.04. The zero-order chi connectivity index (χ0) is 19.5. The minimum Gasteiger partial charge on any atom is -0.342 e. The van der Waals surface area contributed by atoms with E-state index in [-0.39, 0.29) is 24.2 Å². The van der Waals surface area contributed by atoms with E-state index < -0.39 is 0 Å². The van der Waals surface area contributed by atoms with Gasteiger partial charge >= 0.3 is 0 Å². The molecule has 2 heterocycles. The molecular formula is C22H20ClN3O2. The number of carbonyl (C=O) groups excluding carboxylic acids is 2. The number of benzene rings is 2. The molecular weight excluding hydrogens is 374 g/mol. The molecule has 1 atom stereocenters. The van der Waals surface area contributed by atoms with Gasteiger partial charge in [0.1, 0.15) is 0 Å². The van der Waals surface area contributed by atoms with E-state index in [1.165, 1.54) is 0 Å². The highest BCUT2D eigenvalue weighted by molar-refractivity contribution is 6.30. The Hall–Kier alpha value is -2.92. The normalized spacial score (nSPS) is 16.5. The Morgan fingerprint density at radius 2 is 2.00 bits per heavy atom. The molecule has 142 valence electrons. The summed E-state index contributed by atoms with van der Waals surface area (Å²) in [7, 11) is 0. The van der Waals surface area contributed by atoms with Crippen molar-refractivity contribution in [2.45, 2.75) is 12.8 Å². The molecule has 1 unspecified atom stereocenters. The smallest absolute Gasteiger partial charge is 0.229 e. The monoisotopic (exact) mass is 393 g/mol. The van der Waals surface area contributed by atoms with E-state index in [0.29, 0.717) is 30.2 Å². The van der Waals surface area contributed by atoms with Gasteiger partial charge in [0, 0.05) is 36.1 Å². The molecule has 5 nitrogen and oxygen atoms in total. The highest BCUT2D eigenvalue weighted by Gasteiger charge is 2.34. The topological polar surface area (TPSA) is 62.3 Å². The van der Waals surface area contributed by atoms with E-state index in [9.17, 15) is 9.59 Å². The van der Waals surface area contributed by atoms with Crippen molar-refractivity contribution in [2.24, 2.45) is 5.92 Å². The largest absolute Gasteiger partial charge is 0.342 e. The van der Waals surface area contributed by atoms with Gasteiger partial charge in [0.05, 0.1) is 17.1 Å². The number of carbonyl (C=O) groups is 2. The first-order valence-electron chi connectivity index (χ1n) is 9.27. The Kier molecular flexibility index (Phi) is 5.26. The fourth-order valence-corrected chi connectivity index (χ4v) is 3.77. The number of amides is 2. The maximum atomic E-state index is 12.7. The van der Waals surface area contributed by atoms with Crippen LogP contribution in [0.1, 0.15) is 12.0 Å². The van der Waals surface area contributed by atoms with Crippen molar-refractivity contribution >= 4 is 40.0 Å². The maximum Gasteiger partial charge on any atom is 0.229 e. The van der Waals surface area contributed by atoms with Gasteiger partial charge in [-0.15, -0.1) is 0 Å². The fraction of sp³-hybridized carbons (Fsp3) is 0.227. The second-order valence-electron chi connectivity index (χ2n) is 6.99. The molecule has 2 amide bonds. The van der Waals surface area contributed by atoms with E-state index in [0.717, 1.165) is 16.5 Å². The SMILES string of the molecule is O=C(Nc1cccc2cccnc12)C1CC(=O)N(CCc2cccc(Cl)c2)C1. The number of halogens is 1. The van der Waals surface area contributed by atoms with Crippen molar-refractivity contribution in [1.29, 1.82) is 0 Å². The number of para-hydroxylation sites is 1. The second kappa shape index (κ2) is 7.98. The predicted octanol–water partition coefficient (Wildman–Crippen LogP) is 3.92. The van der Waals surface area contributed by atoms with Crippen LogP contribution < -0.4 is 5.32 Å². The standard InChI is InChI=1S/C22H20ClN3O2/c23-18-7-1-4-15(12-18)9-11-26-14-17(13-20(26)27)22(28)25-19-8-2-5-16-6-3-10-24-21(16)19/h1-8,10,12,17H,9,11,13-14H2,(H,25,28). The van der Waals surface area contributed by atoms with Crippen LogP contribution in [0.5, 0.6) is 0 Å². The van der Waals surface area contributed by atoms with Gasteiger partial charge < -0.3 is 10.2 Å². The summed E-state index contributed by atoms with van der Waals surface area (Å²) < 4.78 is 0. The molecule has 4 rings (SSSR count). The first-order valence-corrected chi connectivity index (χ1v) is 9.65. The van der Waals surface area contributed by atoms with Crippen LogP contribution in [0.3, 0.4) is 0 Å². The van der Waals surface area contributed by atoms with Crippen molar-refractivity contribution in [1.82, 2.24) is 9.88 Å². The van der Waals surface area contributed by atoms with E-state index in [4.69, 9.17) is 11.6 Å². The Balaban J connectivity index is 1.39. The molecule has 2 aromatic carbocycles. The summed E-state index contributed by atoms with van der Waals surface area (Å²) in [6.07, 6.45) is 2.65. The molecule has 1 saturated heterocycles. The van der Waals surface area contributed by atoms with Gasteiger partial charge in [-0.2, -0.15) is 0 Å². The van der Waals surface area contributed by atoms with E-state index in [1.54, 1.807) is 11.1 Å². The first kappa shape index (κ1) is 18.4. The van der Waals surface area contributed by atoms with Crippen molar-refractivity contribution in [3.63, 3.8) is 0 Å². The number of aromatic nitrogens is 1. The Morgan fingerprint density at radius 1 is 1.18 bits per heavy atom. The van der Waals surface area contributed by atoms with Crippen LogP contribution in [0.2, 0.25) is 5.02 Å². The first-order chi connectivity index (χ1) is 13.6. The molecule has 0 aliphatic carbocycles. The quantitative estimate of drug-likeness (QED) is 0.714. The van der Waals surface area contributed by atoms with Gasteiger partial charge in [0.15, 0.2) is 0 Å². The molecule has 28 heavy (non-hydrogen) atoms. The molecule has 0 radical (unpaired) electrons. The number of fused-ring (bicyclic) bond motifs is 1. The van der Waals surface area contributed by atoms with E-state index in [2.05, 4.69) is 10.3 Å². The summed E-state index contributed by atoms with van der Waals surface area (Å²) in [5.41, 5.74) is 2.50. The van der Waals surface area contributed by atoms with Gasteiger partial charge in [-0.25, -0.2) is 0 Å². The molecule has 1 aliphatic rings. The number of nitrogens with zero attached hydrogens (tertiary/aromatic N) is 2. The van der Waals surface area contributed by atoms with Gasteiger partial charge in [-0.05, 0) is 36.2 Å². The summed E-state index contributed by atoms with van der Waals surface area (Å²) in [6.45, 7) is 1.02. The van der Waals surface area contributed by atoms with Crippen LogP contribution in [0.25, 0.3) is 10.9 Å². The van der Waals surface area contributed by atoms with Gasteiger partial charge in [-0.1, -0.05) is 41.9 Å². The highest BCUT2D eigenvalue weighted by Crippen LogP contribution is 2.24. The average Bonchev–Trinajstić information content (AvgIpc) is 3.08. The van der Waals surface area contributed by atoms with Crippen LogP contribution >= 0.6 is 11.6 Å². The second-order valence-corrected chi connectivity index (χ2v) is 7.43. The molecule has 1 N–H and O–H groups in total. The van der Waals surface area contributed by atoms with Crippen LogP contribution in [-0.2, 0) is 16.0 Å². The lowest BCUT2D eigenvalue weighted by atomic mass is 10.1. The summed E-state index contributed by atoms with van der Waals surface area (Å²) in [4.78, 5) is 31.2. The van der Waals surface area contributed by atoms with Crippen LogP contribution in [0, 0.1) is 5.92 Å². The summed E-state index contributed by atoms with van der Waals surface area (Å²) in [6, 6.07) is 17.1. The lowest BCUT2D eigenvalue weighted by molar-refractivity contribution is -0.128. The Labute approximate surface area is 168 Å². The van der Waals surface area contributed by atoms with Crippen molar-refractivity contribution in [3.8, 4) is 0 Å². The molecule has 0 spiro atoms. The Morgan fingerprint density at radius 3 is 2.86 bits per heavy atom. The van der Waals surface area contributed by atoms with Crippen LogP contribution in [0.4, 0.5) is 5.69 Å². The fourth-order valence-electron chi connectivity index (χ4n) is 3.56. The molecule has 3 aromatic rings. The summed E-state index contributed by atoms with van der Waals surface area (Å²) in [5, 5.41) is 4.60. The van der Waals surface area contributed by atoms with Crippen LogP contribution in [0.15, 0.2) is 60.8 Å². The number of pyridine rings is 1. The zero-order valence-corrected chi connectivity index (χ0v) is 16.0. The average molecular weight is 394 g/mol. The van der Waals surface area contributed by atoms with E-state index >= 15 is 0 Å². The van der Waals surface area contributed by atoms with Gasteiger partial charge in [-0.3, -0.25) is 14.6 Å². The summed E-state index contributed by atoms with van der Waals surface area (Å²) in [5.74, 6) is -0.485. The number of hydrogen-bond donors (Lipinski definition) is 1. The van der Waals surface area contributed by atoms with Crippen molar-refractivity contribution < 1.29 is 9.59 Å². The molecule has 0 bridgehead atoms. The van der Waals surface area contributed by atoms with Gasteiger partial charge in [0.25, 0.3) is 0 Å². The summed E-state index contributed by atoms with van der Waals surface area (Å²) >= 11 is 6.01. The van der Waals surface area contributed by atoms with Crippen molar-refractivity contribution in [3.05, 3.63) is 71.4 Å². The number of hydrogen-bond acceptors (Lipinski definition) is 3. The predicted molar refractivity (Wildman–Crippen MR) is 110 cm³/mol. The number of likely N-dealkylation sites (tertiary alicyclic amines) is 1. The number of nitrogens with one attached hydrogen (secondary N) is 1. The van der Waals surface area contributed by atoms with Crippen LogP contribution in [-0.4, -0.2) is 34.8 Å². The minimum absolute atomic E-state index is 0.0122. The third-order valence-corrected chi connectivity index (χ3v) is 5.27. The molecule has 1 fully saturated rings. The Bertz CT molecular complexity index is 1030. The zero-order valence-electron chi connectivity index (χ0n) is 15.3. The van der Waals surface area contributed by atoms with Gasteiger partial charge in [0.2, 0.25) is 11.8 Å². The molecule has 1 aromatic heterocycles. The highest BCUT2D eigenvalue weighted by atomic mass is 35.5. The van der Waals surface area contributed by atoms with Crippen molar-refractivity contribution in [2.75, 3.05) is 18.4 Å². The molecule has 6 heteroatoms.